The van der Waals surface area contributed by atoms with Crippen LogP contribution in [0.5, 0.6) is 0 Å². The van der Waals surface area contributed by atoms with Crippen LogP contribution in [0.15, 0.2) is 72.3 Å². The second-order valence-electron chi connectivity index (χ2n) is 5.68. The van der Waals surface area contributed by atoms with Gasteiger partial charge in [-0.25, -0.2) is 0 Å². The van der Waals surface area contributed by atoms with Gasteiger partial charge in [-0.15, -0.1) is 0 Å². The molecule has 0 radical (unpaired) electrons. The number of hydrogen-bond acceptors (Lipinski definition) is 1. The number of hydrogen-bond donors (Lipinski definition) is 0. The molecule has 1 aliphatic rings. The van der Waals surface area contributed by atoms with Gasteiger partial charge in [0.15, 0.2) is 0 Å². The van der Waals surface area contributed by atoms with E-state index in [0.717, 1.165) is 23.5 Å². The Morgan fingerprint density at radius 2 is 1.38 bits per heavy atom. The minimum atomic E-state index is -2.56. The first kappa shape index (κ1) is 14.4. The summed E-state index contributed by atoms with van der Waals surface area (Å²) in [4.78, 5) is 0. The van der Waals surface area contributed by atoms with Gasteiger partial charge in [0.1, 0.15) is 7.14 Å². The maximum atomic E-state index is 13.8. The molecule has 3 rings (SSSR count). The molecule has 0 atom stereocenters. The van der Waals surface area contributed by atoms with Crippen LogP contribution in [-0.2, 0) is 4.57 Å². The minimum absolute atomic E-state index is 0.695. The third-order valence-corrected chi connectivity index (χ3v) is 7.27. The van der Waals surface area contributed by atoms with Crippen molar-refractivity contribution >= 4 is 17.8 Å². The molecule has 0 spiro atoms. The molecule has 0 fully saturated rings. The van der Waals surface area contributed by atoms with Gasteiger partial charge in [0.2, 0.25) is 0 Å². The van der Waals surface area contributed by atoms with Crippen molar-refractivity contribution in [3.05, 3.63) is 72.3 Å². The Hall–Kier alpha value is -1.59. The summed E-state index contributed by atoms with van der Waals surface area (Å²) in [6.07, 6.45) is 7.74. The molecule has 0 bridgehead atoms. The van der Waals surface area contributed by atoms with Crippen LogP contribution in [0.25, 0.3) is 0 Å². The maximum absolute atomic E-state index is 13.8. The lowest BCUT2D eigenvalue weighted by atomic mass is 10.0. The summed E-state index contributed by atoms with van der Waals surface area (Å²) in [6, 6.07) is 20.0. The fourth-order valence-corrected chi connectivity index (χ4v) is 5.83. The van der Waals surface area contributed by atoms with Crippen molar-refractivity contribution in [3.63, 3.8) is 0 Å². The Balaban J connectivity index is 2.03. The molecule has 1 aliphatic carbocycles. The highest BCUT2D eigenvalue weighted by molar-refractivity contribution is 7.78. The topological polar surface area (TPSA) is 17.1 Å². The van der Waals surface area contributed by atoms with Crippen LogP contribution in [-0.4, -0.2) is 6.16 Å². The van der Waals surface area contributed by atoms with Crippen LogP contribution in [0.4, 0.5) is 0 Å². The van der Waals surface area contributed by atoms with E-state index in [4.69, 9.17) is 0 Å². The van der Waals surface area contributed by atoms with E-state index < -0.39 is 7.14 Å². The van der Waals surface area contributed by atoms with Gasteiger partial charge in [-0.3, -0.25) is 0 Å². The molecular weight excluding hydrogens is 275 g/mol. The van der Waals surface area contributed by atoms with Crippen molar-refractivity contribution in [3.8, 4) is 0 Å². The summed E-state index contributed by atoms with van der Waals surface area (Å²) in [7, 11) is -2.56. The zero-order chi connectivity index (χ0) is 14.5. The summed E-state index contributed by atoms with van der Waals surface area (Å²) < 4.78 is 13.8. The van der Waals surface area contributed by atoms with Crippen molar-refractivity contribution < 1.29 is 4.57 Å². The summed E-state index contributed by atoms with van der Waals surface area (Å²) in [5.41, 5.74) is 1.37. The van der Waals surface area contributed by atoms with E-state index in [2.05, 4.69) is 6.08 Å². The van der Waals surface area contributed by atoms with E-state index in [9.17, 15) is 4.57 Å². The average Bonchev–Trinajstić information content (AvgIpc) is 2.57. The molecule has 21 heavy (non-hydrogen) atoms. The third kappa shape index (κ3) is 3.19. The molecule has 108 valence electrons. The highest BCUT2D eigenvalue weighted by atomic mass is 31.2. The molecule has 2 aromatic carbocycles. The van der Waals surface area contributed by atoms with E-state index in [0.29, 0.717) is 6.16 Å². The molecule has 0 unspecified atom stereocenters. The minimum Gasteiger partial charge on any atom is -0.313 e. The van der Waals surface area contributed by atoms with Crippen molar-refractivity contribution in [2.75, 3.05) is 6.16 Å². The van der Waals surface area contributed by atoms with E-state index in [1.54, 1.807) is 0 Å². The standard InChI is InChI=1S/C19H21OP/c20-21(18-12-6-2-7-13-18,19-14-8-3-9-15-19)16-17-10-4-1-5-11-17/h2-3,6-10,12-15H,1,4-5,11,16H2. The first-order valence-electron chi connectivity index (χ1n) is 7.67. The zero-order valence-electron chi connectivity index (χ0n) is 12.2. The van der Waals surface area contributed by atoms with E-state index >= 15 is 0 Å². The van der Waals surface area contributed by atoms with Gasteiger partial charge >= 0.3 is 0 Å². The summed E-state index contributed by atoms with van der Waals surface area (Å²) >= 11 is 0. The normalized spacial score (nSPS) is 15.5. The molecule has 2 aromatic rings. The maximum Gasteiger partial charge on any atom is 0.147 e. The zero-order valence-corrected chi connectivity index (χ0v) is 13.1. The van der Waals surface area contributed by atoms with Crippen LogP contribution in [0.2, 0.25) is 0 Å². The van der Waals surface area contributed by atoms with Crippen LogP contribution in [0.1, 0.15) is 25.7 Å². The van der Waals surface area contributed by atoms with Crippen LogP contribution in [0, 0.1) is 0 Å². The van der Waals surface area contributed by atoms with Gasteiger partial charge in [-0.2, -0.15) is 0 Å². The van der Waals surface area contributed by atoms with Crippen molar-refractivity contribution in [2.45, 2.75) is 25.7 Å². The smallest absolute Gasteiger partial charge is 0.147 e. The number of benzene rings is 2. The second-order valence-corrected chi connectivity index (χ2v) is 8.51. The second kappa shape index (κ2) is 6.45. The molecule has 1 nitrogen and oxygen atoms in total. The van der Waals surface area contributed by atoms with Gasteiger partial charge in [-0.1, -0.05) is 72.3 Å². The highest BCUT2D eigenvalue weighted by Crippen LogP contribution is 2.46. The quantitative estimate of drug-likeness (QED) is 0.599. The van der Waals surface area contributed by atoms with Crippen molar-refractivity contribution in [2.24, 2.45) is 0 Å². The first-order valence-corrected chi connectivity index (χ1v) is 9.56. The van der Waals surface area contributed by atoms with Gasteiger partial charge < -0.3 is 4.57 Å². The third-order valence-electron chi connectivity index (χ3n) is 4.16. The predicted molar refractivity (Wildman–Crippen MR) is 91.2 cm³/mol. The fraction of sp³-hybridized carbons (Fsp3) is 0.263. The lowest BCUT2D eigenvalue weighted by Crippen LogP contribution is -2.19. The van der Waals surface area contributed by atoms with E-state index in [-0.39, 0.29) is 0 Å². The van der Waals surface area contributed by atoms with E-state index in [1.807, 2.05) is 60.7 Å². The molecule has 0 saturated carbocycles. The molecule has 0 aliphatic heterocycles. The lowest BCUT2D eigenvalue weighted by molar-refractivity contribution is 0.586. The lowest BCUT2D eigenvalue weighted by Gasteiger charge is -2.22. The van der Waals surface area contributed by atoms with Crippen LogP contribution in [0.3, 0.4) is 0 Å². The SMILES string of the molecule is O=P(CC1=CCCCC1)(c1ccccc1)c1ccccc1. The summed E-state index contributed by atoms with van der Waals surface area (Å²) in [5.74, 6) is 0. The summed E-state index contributed by atoms with van der Waals surface area (Å²) in [5, 5.41) is 1.95. The van der Waals surface area contributed by atoms with Crippen LogP contribution < -0.4 is 10.6 Å². The number of allylic oxidation sites excluding steroid dienone is 2. The largest absolute Gasteiger partial charge is 0.313 e. The van der Waals surface area contributed by atoms with Gasteiger partial charge in [-0.05, 0) is 25.7 Å². The van der Waals surface area contributed by atoms with E-state index in [1.165, 1.54) is 18.4 Å². The number of rotatable bonds is 4. The van der Waals surface area contributed by atoms with Gasteiger partial charge in [0.05, 0.1) is 0 Å². The average molecular weight is 296 g/mol. The monoisotopic (exact) mass is 296 g/mol. The molecule has 0 heterocycles. The fourth-order valence-electron chi connectivity index (χ4n) is 3.00. The Bertz CT molecular complexity index is 615. The van der Waals surface area contributed by atoms with Crippen LogP contribution >= 0.6 is 7.14 Å². The van der Waals surface area contributed by atoms with Crippen molar-refractivity contribution in [1.82, 2.24) is 0 Å². The predicted octanol–water partition coefficient (Wildman–Crippen LogP) is 4.50. The molecular formula is C19H21OP. The van der Waals surface area contributed by atoms with Gasteiger partial charge in [0, 0.05) is 16.8 Å². The molecule has 2 heteroatoms. The molecule has 0 amide bonds. The van der Waals surface area contributed by atoms with Gasteiger partial charge in [0.25, 0.3) is 0 Å². The Morgan fingerprint density at radius 3 is 1.86 bits per heavy atom. The highest BCUT2D eigenvalue weighted by Gasteiger charge is 2.28. The Morgan fingerprint density at radius 1 is 0.810 bits per heavy atom. The molecule has 0 saturated heterocycles. The molecule has 0 N–H and O–H groups in total. The molecule has 0 aromatic heterocycles. The van der Waals surface area contributed by atoms with Crippen molar-refractivity contribution in [1.29, 1.82) is 0 Å². The summed E-state index contributed by atoms with van der Waals surface area (Å²) in [6.45, 7) is 0. The Kier molecular flexibility index (Phi) is 4.41. The first-order chi connectivity index (χ1) is 10.3. The Labute approximate surface area is 127 Å².